The average Bonchev–Trinajstić information content (AvgIpc) is 3.30. The highest BCUT2D eigenvalue weighted by atomic mass is 35.5. The molecule has 12 heteroatoms. The van der Waals surface area contributed by atoms with Crippen LogP contribution in [0.1, 0.15) is 29.9 Å². The number of imidazole rings is 1. The van der Waals surface area contributed by atoms with Gasteiger partial charge in [0.05, 0.1) is 12.4 Å². The molecular formula is C18H19ClN5O5P. The molecular weight excluding hydrogens is 433 g/mol. The summed E-state index contributed by atoms with van der Waals surface area (Å²) in [7, 11) is -3.18. The van der Waals surface area contributed by atoms with Crippen LogP contribution in [0.4, 0.5) is 5.82 Å². The first kappa shape index (κ1) is 20.9. The molecule has 0 bridgehead atoms. The Labute approximate surface area is 177 Å². The van der Waals surface area contributed by atoms with E-state index >= 15 is 0 Å². The number of ether oxygens (including phenoxy) is 1. The molecule has 5 atom stereocenters. The number of nitrogens with zero attached hydrogens (tertiary/aromatic N) is 4. The number of aromatic nitrogens is 4. The largest absolute Gasteiger partial charge is 0.350 e. The molecule has 3 aromatic rings. The van der Waals surface area contributed by atoms with Gasteiger partial charge in [0.2, 0.25) is 0 Å². The summed E-state index contributed by atoms with van der Waals surface area (Å²) < 4.78 is 23.9. The molecule has 1 fully saturated rings. The fourth-order valence-corrected chi connectivity index (χ4v) is 4.41. The minimum atomic E-state index is -3.18. The summed E-state index contributed by atoms with van der Waals surface area (Å²) in [4.78, 5) is 34.4. The third-order valence-corrected chi connectivity index (χ3v) is 5.74. The third kappa shape index (κ3) is 3.97. The van der Waals surface area contributed by atoms with Crippen molar-refractivity contribution in [1.82, 2.24) is 19.5 Å². The van der Waals surface area contributed by atoms with Crippen LogP contribution in [-0.4, -0.2) is 47.9 Å². The van der Waals surface area contributed by atoms with Crippen molar-refractivity contribution in [1.29, 1.82) is 0 Å². The Balaban J connectivity index is 1.63. The van der Waals surface area contributed by atoms with E-state index in [-0.39, 0.29) is 11.7 Å². The molecule has 2 aromatic heterocycles. The fourth-order valence-electron chi connectivity index (χ4n) is 3.40. The Bertz CT molecular complexity index is 1080. The molecule has 1 amide bonds. The van der Waals surface area contributed by atoms with Crippen molar-refractivity contribution >= 4 is 42.7 Å². The minimum Gasteiger partial charge on any atom is -0.350 e. The van der Waals surface area contributed by atoms with Crippen molar-refractivity contribution < 1.29 is 23.5 Å². The molecule has 1 unspecified atom stereocenters. The SMILES string of the molecule is CC[C@H]1O[C@@H](n2cnc3c(NC(=O)c4ccccc4)ncnc32)[C@H](Cl)[C@@H]1O[PH](=O)O. The van der Waals surface area contributed by atoms with Gasteiger partial charge in [-0.05, 0) is 18.6 Å². The number of carbonyl (C=O) groups is 1. The summed E-state index contributed by atoms with van der Waals surface area (Å²) in [5.41, 5.74) is 1.24. The zero-order valence-electron chi connectivity index (χ0n) is 15.8. The maximum Gasteiger partial charge on any atom is 0.316 e. The van der Waals surface area contributed by atoms with Crippen molar-refractivity contribution in [2.45, 2.75) is 37.2 Å². The predicted octanol–water partition coefficient (Wildman–Crippen LogP) is 2.76. The third-order valence-electron chi connectivity index (χ3n) is 4.81. The molecule has 2 N–H and O–H groups in total. The van der Waals surface area contributed by atoms with E-state index in [4.69, 9.17) is 20.9 Å². The van der Waals surface area contributed by atoms with E-state index in [1.54, 1.807) is 28.8 Å². The molecule has 3 heterocycles. The summed E-state index contributed by atoms with van der Waals surface area (Å²) in [6.45, 7) is 1.87. The second-order valence-corrected chi connectivity index (χ2v) is 7.90. The number of benzene rings is 1. The van der Waals surface area contributed by atoms with Gasteiger partial charge in [0.25, 0.3) is 5.91 Å². The number of hydrogen-bond acceptors (Lipinski definition) is 7. The monoisotopic (exact) mass is 451 g/mol. The Morgan fingerprint density at radius 3 is 2.80 bits per heavy atom. The van der Waals surface area contributed by atoms with Crippen molar-refractivity contribution in [3.63, 3.8) is 0 Å². The van der Waals surface area contributed by atoms with Gasteiger partial charge >= 0.3 is 8.25 Å². The van der Waals surface area contributed by atoms with Crippen LogP contribution in [0.2, 0.25) is 0 Å². The van der Waals surface area contributed by atoms with Crippen LogP contribution in [0.25, 0.3) is 11.2 Å². The molecule has 1 aliphatic rings. The molecule has 1 aliphatic heterocycles. The first-order chi connectivity index (χ1) is 14.5. The fraction of sp³-hybridized carbons (Fsp3) is 0.333. The quantitative estimate of drug-likeness (QED) is 0.432. The Morgan fingerprint density at radius 2 is 2.10 bits per heavy atom. The average molecular weight is 452 g/mol. The maximum absolute atomic E-state index is 12.5. The molecule has 4 rings (SSSR count). The number of anilines is 1. The van der Waals surface area contributed by atoms with Gasteiger partial charge in [-0.1, -0.05) is 25.1 Å². The second kappa shape index (κ2) is 8.79. The Hall–Kier alpha value is -2.36. The van der Waals surface area contributed by atoms with Gasteiger partial charge in [-0.2, -0.15) is 0 Å². The minimum absolute atomic E-state index is 0.247. The molecule has 0 aliphatic carbocycles. The lowest BCUT2D eigenvalue weighted by molar-refractivity contribution is -0.0143. The van der Waals surface area contributed by atoms with Crippen LogP contribution in [0.5, 0.6) is 0 Å². The lowest BCUT2D eigenvalue weighted by Gasteiger charge is -2.17. The zero-order chi connectivity index (χ0) is 21.3. The van der Waals surface area contributed by atoms with Gasteiger partial charge in [0.15, 0.2) is 23.2 Å². The molecule has 1 aromatic carbocycles. The van der Waals surface area contributed by atoms with Gasteiger partial charge in [0.1, 0.15) is 17.8 Å². The van der Waals surface area contributed by atoms with E-state index < -0.39 is 32.1 Å². The second-order valence-electron chi connectivity index (χ2n) is 6.63. The number of hydrogen-bond donors (Lipinski definition) is 2. The summed E-state index contributed by atoms with van der Waals surface area (Å²) in [5, 5.41) is 1.99. The number of amides is 1. The van der Waals surface area contributed by atoms with Crippen molar-refractivity contribution in [3.8, 4) is 0 Å². The van der Waals surface area contributed by atoms with Gasteiger partial charge in [-0.3, -0.25) is 13.9 Å². The standard InChI is InChI=1S/C18H19ClN5O5P/c1-2-11-14(29-30(26)27)12(19)18(28-11)24-9-22-13-15(20-8-21-16(13)24)23-17(25)10-6-4-3-5-7-10/h3-9,11-12,14,18,30H,2H2,1H3,(H,26,27)(H,20,21,23,25)/t11-,12-,14-,18-/m1/s1. The smallest absolute Gasteiger partial charge is 0.316 e. The van der Waals surface area contributed by atoms with Gasteiger partial charge < -0.3 is 19.5 Å². The maximum atomic E-state index is 12.5. The van der Waals surface area contributed by atoms with E-state index in [0.29, 0.717) is 23.1 Å². The summed E-state index contributed by atoms with van der Waals surface area (Å²) in [6, 6.07) is 8.73. The number of carbonyl (C=O) groups excluding carboxylic acids is 1. The lowest BCUT2D eigenvalue weighted by Crippen LogP contribution is -2.28. The molecule has 0 spiro atoms. The molecule has 158 valence electrons. The molecule has 0 saturated carbocycles. The lowest BCUT2D eigenvalue weighted by atomic mass is 10.1. The van der Waals surface area contributed by atoms with E-state index in [1.807, 2.05) is 13.0 Å². The van der Waals surface area contributed by atoms with E-state index in [0.717, 1.165) is 0 Å². The van der Waals surface area contributed by atoms with Crippen molar-refractivity contribution in [3.05, 3.63) is 48.5 Å². The molecule has 0 radical (unpaired) electrons. The van der Waals surface area contributed by atoms with E-state index in [2.05, 4.69) is 20.3 Å². The molecule has 10 nitrogen and oxygen atoms in total. The van der Waals surface area contributed by atoms with Crippen LogP contribution in [-0.2, 0) is 13.8 Å². The van der Waals surface area contributed by atoms with Crippen LogP contribution in [0.15, 0.2) is 43.0 Å². The number of halogens is 1. The van der Waals surface area contributed by atoms with Crippen LogP contribution >= 0.6 is 19.9 Å². The van der Waals surface area contributed by atoms with Crippen molar-refractivity contribution in [2.24, 2.45) is 0 Å². The molecule has 1 saturated heterocycles. The highest BCUT2D eigenvalue weighted by molar-refractivity contribution is 7.32. The van der Waals surface area contributed by atoms with Gasteiger partial charge in [-0.25, -0.2) is 15.0 Å². The normalized spacial score (nSPS) is 24.8. The van der Waals surface area contributed by atoms with Crippen LogP contribution in [0, 0.1) is 0 Å². The number of rotatable bonds is 6. The summed E-state index contributed by atoms with van der Waals surface area (Å²) in [6.07, 6.45) is 1.39. The number of fused-ring (bicyclic) bond motifs is 1. The van der Waals surface area contributed by atoms with Gasteiger partial charge in [0, 0.05) is 5.56 Å². The van der Waals surface area contributed by atoms with E-state index in [9.17, 15) is 14.3 Å². The summed E-state index contributed by atoms with van der Waals surface area (Å²) in [5.74, 6) is -0.0814. The predicted molar refractivity (Wildman–Crippen MR) is 110 cm³/mol. The van der Waals surface area contributed by atoms with Crippen LogP contribution in [0.3, 0.4) is 0 Å². The topological polar surface area (TPSA) is 128 Å². The van der Waals surface area contributed by atoms with Crippen LogP contribution < -0.4 is 5.32 Å². The Kier molecular flexibility index (Phi) is 6.12. The summed E-state index contributed by atoms with van der Waals surface area (Å²) >= 11 is 6.51. The number of alkyl halides is 1. The van der Waals surface area contributed by atoms with Crippen molar-refractivity contribution in [2.75, 3.05) is 5.32 Å². The number of nitrogens with one attached hydrogen (secondary N) is 1. The van der Waals surface area contributed by atoms with Gasteiger partial charge in [-0.15, -0.1) is 11.6 Å². The van der Waals surface area contributed by atoms with E-state index in [1.165, 1.54) is 12.7 Å². The zero-order valence-corrected chi connectivity index (χ0v) is 17.6. The first-order valence-electron chi connectivity index (χ1n) is 9.22. The first-order valence-corrected chi connectivity index (χ1v) is 10.9. The highest BCUT2D eigenvalue weighted by Gasteiger charge is 2.46. The highest BCUT2D eigenvalue weighted by Crippen LogP contribution is 2.41. The molecule has 30 heavy (non-hydrogen) atoms. The Morgan fingerprint density at radius 1 is 1.33 bits per heavy atom.